The van der Waals surface area contributed by atoms with Crippen LogP contribution in [0.15, 0.2) is 36.4 Å². The molecule has 0 atom stereocenters. The summed E-state index contributed by atoms with van der Waals surface area (Å²) >= 11 is 6.38. The molecule has 158 valence electrons. The monoisotopic (exact) mass is 415 g/mol. The molecule has 2 aromatic carbocycles. The molecule has 0 bridgehead atoms. The lowest BCUT2D eigenvalue weighted by Gasteiger charge is -2.35. The second-order valence-electron chi connectivity index (χ2n) is 10.4. The zero-order chi connectivity index (χ0) is 21.4. The van der Waals surface area contributed by atoms with Gasteiger partial charge in [0, 0.05) is 11.1 Å². The van der Waals surface area contributed by atoms with Crippen molar-refractivity contribution < 1.29 is 10.0 Å². The van der Waals surface area contributed by atoms with E-state index in [0.717, 1.165) is 54.6 Å². The number of rotatable bonds is 3. The predicted octanol–water partition coefficient (Wildman–Crippen LogP) is 4.55. The lowest BCUT2D eigenvalue weighted by molar-refractivity contribution is -0.914. The van der Waals surface area contributed by atoms with Crippen LogP contribution < -0.4 is 9.80 Å². The fourth-order valence-electron chi connectivity index (χ4n) is 4.05. The van der Waals surface area contributed by atoms with Crippen molar-refractivity contribution in [1.29, 1.82) is 0 Å². The number of para-hydroxylation sites is 1. The van der Waals surface area contributed by atoms with Crippen LogP contribution >= 0.6 is 11.6 Å². The molecule has 1 aliphatic rings. The Hall–Kier alpha value is -1.71. The van der Waals surface area contributed by atoms with Crippen LogP contribution in [0.5, 0.6) is 5.75 Å². The van der Waals surface area contributed by atoms with Crippen LogP contribution in [0.3, 0.4) is 0 Å². The Morgan fingerprint density at radius 3 is 2.14 bits per heavy atom. The number of phenols is 1. The molecule has 1 aliphatic heterocycles. The third-order valence-electron chi connectivity index (χ3n) is 5.97. The smallest absolute Gasteiger partial charge is 0.128 e. The van der Waals surface area contributed by atoms with Gasteiger partial charge in [-0.1, -0.05) is 71.3 Å². The van der Waals surface area contributed by atoms with Gasteiger partial charge in [-0.25, -0.2) is 0 Å². The molecular formula is C25H36ClN2O+. The molecule has 3 rings (SSSR count). The number of nitrogens with zero attached hydrogens (tertiary/aromatic N) is 1. The van der Waals surface area contributed by atoms with E-state index in [2.05, 4.69) is 64.6 Å². The maximum absolute atomic E-state index is 11.1. The third kappa shape index (κ3) is 5.07. The average Bonchev–Trinajstić information content (AvgIpc) is 2.62. The predicted molar refractivity (Wildman–Crippen MR) is 124 cm³/mol. The number of hydrogen-bond donors (Lipinski definition) is 2. The molecule has 0 amide bonds. The Labute approximate surface area is 181 Å². The number of quaternary nitrogens is 1. The van der Waals surface area contributed by atoms with Crippen molar-refractivity contribution >= 4 is 17.3 Å². The largest absolute Gasteiger partial charge is 0.507 e. The summed E-state index contributed by atoms with van der Waals surface area (Å²) in [4.78, 5) is 3.88. The highest BCUT2D eigenvalue weighted by atomic mass is 35.5. The molecule has 0 aliphatic carbocycles. The molecule has 0 unspecified atom stereocenters. The summed E-state index contributed by atoms with van der Waals surface area (Å²) in [5.74, 6) is 0.478. The van der Waals surface area contributed by atoms with Crippen molar-refractivity contribution in [1.82, 2.24) is 0 Å². The molecule has 0 saturated carbocycles. The van der Waals surface area contributed by atoms with E-state index >= 15 is 0 Å². The first-order chi connectivity index (χ1) is 13.5. The Morgan fingerprint density at radius 2 is 1.59 bits per heavy atom. The highest BCUT2D eigenvalue weighted by Gasteiger charge is 2.28. The van der Waals surface area contributed by atoms with Gasteiger partial charge in [0.15, 0.2) is 0 Å². The van der Waals surface area contributed by atoms with Crippen molar-refractivity contribution in [2.45, 2.75) is 58.9 Å². The van der Waals surface area contributed by atoms with E-state index in [1.54, 1.807) is 0 Å². The van der Waals surface area contributed by atoms with Crippen LogP contribution in [-0.4, -0.2) is 31.3 Å². The van der Waals surface area contributed by atoms with Gasteiger partial charge in [0.05, 0.1) is 36.9 Å². The topological polar surface area (TPSA) is 27.9 Å². The summed E-state index contributed by atoms with van der Waals surface area (Å²) < 4.78 is 0. The van der Waals surface area contributed by atoms with Crippen LogP contribution in [0, 0.1) is 0 Å². The number of hydrogen-bond acceptors (Lipinski definition) is 2. The fraction of sp³-hybridized carbons (Fsp3) is 0.520. The van der Waals surface area contributed by atoms with Crippen LogP contribution in [-0.2, 0) is 17.4 Å². The minimum atomic E-state index is -0.0851. The molecule has 2 N–H and O–H groups in total. The summed E-state index contributed by atoms with van der Waals surface area (Å²) in [6.45, 7) is 18.1. The number of benzene rings is 2. The van der Waals surface area contributed by atoms with Gasteiger partial charge in [0.2, 0.25) is 0 Å². The van der Waals surface area contributed by atoms with Crippen LogP contribution in [0.25, 0.3) is 0 Å². The molecule has 2 aromatic rings. The maximum atomic E-state index is 11.1. The molecular weight excluding hydrogens is 380 g/mol. The standard InChI is InChI=1S/C25H35ClN2O/c1-24(2,3)19-15-18(23(29)20(16-19)25(4,5)6)17-27-11-13-28(14-12-27)22-10-8-7-9-21(22)26/h7-10,15-16,29H,11-14,17H2,1-6H3/p+1. The maximum Gasteiger partial charge on any atom is 0.128 e. The van der Waals surface area contributed by atoms with E-state index in [1.165, 1.54) is 10.5 Å². The molecule has 0 radical (unpaired) electrons. The lowest BCUT2D eigenvalue weighted by Crippen LogP contribution is -3.13. The third-order valence-corrected chi connectivity index (χ3v) is 6.29. The average molecular weight is 416 g/mol. The van der Waals surface area contributed by atoms with Gasteiger partial charge in [-0.3, -0.25) is 0 Å². The summed E-state index contributed by atoms with van der Waals surface area (Å²) in [6, 6.07) is 12.5. The Kier molecular flexibility index (Phi) is 6.21. The zero-order valence-electron chi connectivity index (χ0n) is 18.8. The quantitative estimate of drug-likeness (QED) is 0.769. The SMILES string of the molecule is CC(C)(C)c1cc(C[NH+]2CCN(c3ccccc3Cl)CC2)c(O)c(C(C)(C)C)c1. The van der Waals surface area contributed by atoms with E-state index in [-0.39, 0.29) is 10.8 Å². The summed E-state index contributed by atoms with van der Waals surface area (Å²) in [5, 5.41) is 11.9. The van der Waals surface area contributed by atoms with Crippen LogP contribution in [0.4, 0.5) is 5.69 Å². The number of nitrogens with one attached hydrogen (secondary N) is 1. The molecule has 1 saturated heterocycles. The summed E-state index contributed by atoms with van der Waals surface area (Å²) in [6.07, 6.45) is 0. The van der Waals surface area contributed by atoms with E-state index < -0.39 is 0 Å². The van der Waals surface area contributed by atoms with Gasteiger partial charge >= 0.3 is 0 Å². The van der Waals surface area contributed by atoms with Gasteiger partial charge in [0.1, 0.15) is 12.3 Å². The van der Waals surface area contributed by atoms with E-state index in [1.807, 2.05) is 18.2 Å². The normalized spacial score (nSPS) is 16.3. The van der Waals surface area contributed by atoms with Gasteiger partial charge in [-0.2, -0.15) is 0 Å². The van der Waals surface area contributed by atoms with Crippen LogP contribution in [0.1, 0.15) is 58.2 Å². The number of aromatic hydroxyl groups is 1. The molecule has 4 heteroatoms. The first-order valence-electron chi connectivity index (χ1n) is 10.7. The fourth-order valence-corrected chi connectivity index (χ4v) is 4.31. The van der Waals surface area contributed by atoms with Crippen LogP contribution in [0.2, 0.25) is 5.02 Å². The first-order valence-corrected chi connectivity index (χ1v) is 11.0. The summed E-state index contributed by atoms with van der Waals surface area (Å²) in [7, 11) is 0. The highest BCUT2D eigenvalue weighted by molar-refractivity contribution is 6.33. The number of anilines is 1. The van der Waals surface area contributed by atoms with Crippen molar-refractivity contribution in [2.24, 2.45) is 0 Å². The van der Waals surface area contributed by atoms with Crippen molar-refractivity contribution in [3.05, 3.63) is 58.1 Å². The molecule has 0 aromatic heterocycles. The van der Waals surface area contributed by atoms with Gasteiger partial charge in [-0.15, -0.1) is 0 Å². The Bertz CT molecular complexity index is 856. The van der Waals surface area contributed by atoms with E-state index in [0.29, 0.717) is 5.75 Å². The Balaban J connectivity index is 1.79. The number of piperazine rings is 1. The molecule has 3 nitrogen and oxygen atoms in total. The van der Waals surface area contributed by atoms with Gasteiger partial charge in [0.25, 0.3) is 0 Å². The minimum absolute atomic E-state index is 0.0561. The molecule has 1 heterocycles. The van der Waals surface area contributed by atoms with E-state index in [4.69, 9.17) is 11.6 Å². The lowest BCUT2D eigenvalue weighted by atomic mass is 9.79. The Morgan fingerprint density at radius 1 is 0.966 bits per heavy atom. The van der Waals surface area contributed by atoms with E-state index in [9.17, 15) is 5.11 Å². The van der Waals surface area contributed by atoms with Gasteiger partial charge < -0.3 is 14.9 Å². The van der Waals surface area contributed by atoms with Gasteiger partial charge in [-0.05, 0) is 34.6 Å². The zero-order valence-corrected chi connectivity index (χ0v) is 19.5. The first kappa shape index (κ1) is 22.0. The second-order valence-corrected chi connectivity index (χ2v) is 10.8. The number of halogens is 1. The molecule has 29 heavy (non-hydrogen) atoms. The second kappa shape index (κ2) is 8.20. The number of phenolic OH excluding ortho intramolecular Hbond substituents is 1. The molecule has 0 spiro atoms. The van der Waals surface area contributed by atoms with Crippen molar-refractivity contribution in [3.63, 3.8) is 0 Å². The highest BCUT2D eigenvalue weighted by Crippen LogP contribution is 2.37. The van der Waals surface area contributed by atoms with Crippen molar-refractivity contribution in [2.75, 3.05) is 31.1 Å². The van der Waals surface area contributed by atoms with Crippen molar-refractivity contribution in [3.8, 4) is 5.75 Å². The minimum Gasteiger partial charge on any atom is -0.507 e. The summed E-state index contributed by atoms with van der Waals surface area (Å²) in [5.41, 5.74) is 4.52. The molecule has 1 fully saturated rings.